The number of rotatable bonds is 5. The molecule has 0 saturated heterocycles. The third kappa shape index (κ3) is 3.94. The Labute approximate surface area is 124 Å². The van der Waals surface area contributed by atoms with Gasteiger partial charge in [-0.1, -0.05) is 25.0 Å². The van der Waals surface area contributed by atoms with E-state index < -0.39 is 0 Å². The molecule has 1 aromatic carbocycles. The summed E-state index contributed by atoms with van der Waals surface area (Å²) in [5, 5.41) is 14.5. The molecular formula is C16H23FN2O2. The summed E-state index contributed by atoms with van der Waals surface area (Å²) in [7, 11) is 0. The fraction of sp³-hybridized carbons (Fsp3) is 0.562. The van der Waals surface area contributed by atoms with Crippen molar-refractivity contribution in [2.75, 3.05) is 13.2 Å². The normalized spacial score (nSPS) is 18.2. The zero-order valence-electron chi connectivity index (χ0n) is 12.4. The molecule has 0 radical (unpaired) electrons. The van der Waals surface area contributed by atoms with Gasteiger partial charge in [-0.15, -0.1) is 0 Å². The third-order valence-electron chi connectivity index (χ3n) is 4.26. The molecule has 0 aromatic heterocycles. The van der Waals surface area contributed by atoms with Crippen LogP contribution in [-0.2, 0) is 5.41 Å². The average molecular weight is 294 g/mol. The molecule has 0 spiro atoms. The van der Waals surface area contributed by atoms with E-state index in [2.05, 4.69) is 10.6 Å². The molecule has 2 rings (SSSR count). The standard InChI is InChI=1S/C16H23FN2O2/c1-12(10-20)19-15(21)18-11-16(8-2-3-9-16)13-4-6-14(17)7-5-13/h4-7,12,20H,2-3,8-11H2,1H3,(H2,18,19,21). The molecule has 5 heteroatoms. The van der Waals surface area contributed by atoms with E-state index in [-0.39, 0.29) is 29.9 Å². The van der Waals surface area contributed by atoms with E-state index in [1.807, 2.05) is 12.1 Å². The van der Waals surface area contributed by atoms with Crippen LogP contribution < -0.4 is 10.6 Å². The Morgan fingerprint density at radius 2 is 1.95 bits per heavy atom. The van der Waals surface area contributed by atoms with Gasteiger partial charge >= 0.3 is 6.03 Å². The monoisotopic (exact) mass is 294 g/mol. The van der Waals surface area contributed by atoms with Crippen molar-refractivity contribution in [3.05, 3.63) is 35.6 Å². The van der Waals surface area contributed by atoms with Crippen molar-refractivity contribution in [3.8, 4) is 0 Å². The van der Waals surface area contributed by atoms with Crippen molar-refractivity contribution in [3.63, 3.8) is 0 Å². The zero-order chi connectivity index (χ0) is 15.3. The number of carbonyl (C=O) groups excluding carboxylic acids is 1. The van der Waals surface area contributed by atoms with Gasteiger partial charge in [0.25, 0.3) is 0 Å². The highest BCUT2D eigenvalue weighted by atomic mass is 19.1. The molecule has 116 valence electrons. The molecule has 0 heterocycles. The van der Waals surface area contributed by atoms with Crippen LogP contribution >= 0.6 is 0 Å². The number of carbonyl (C=O) groups is 1. The van der Waals surface area contributed by atoms with Gasteiger partial charge in [0.15, 0.2) is 0 Å². The Kier molecular flexibility index (Phi) is 5.17. The zero-order valence-corrected chi connectivity index (χ0v) is 12.4. The summed E-state index contributed by atoms with van der Waals surface area (Å²) in [5.74, 6) is -0.241. The van der Waals surface area contributed by atoms with Crippen molar-refractivity contribution >= 4 is 6.03 Å². The largest absolute Gasteiger partial charge is 0.394 e. The lowest BCUT2D eigenvalue weighted by Gasteiger charge is -2.30. The van der Waals surface area contributed by atoms with Crippen molar-refractivity contribution in [1.82, 2.24) is 10.6 Å². The van der Waals surface area contributed by atoms with E-state index in [4.69, 9.17) is 5.11 Å². The molecule has 1 unspecified atom stereocenters. The van der Waals surface area contributed by atoms with Gasteiger partial charge < -0.3 is 15.7 Å². The lowest BCUT2D eigenvalue weighted by molar-refractivity contribution is 0.218. The molecule has 1 saturated carbocycles. The van der Waals surface area contributed by atoms with Crippen molar-refractivity contribution in [2.45, 2.75) is 44.1 Å². The van der Waals surface area contributed by atoms with Gasteiger partial charge in [-0.2, -0.15) is 0 Å². The first-order chi connectivity index (χ1) is 10.1. The van der Waals surface area contributed by atoms with Crippen molar-refractivity contribution < 1.29 is 14.3 Å². The number of aliphatic hydroxyl groups is 1. The van der Waals surface area contributed by atoms with E-state index in [0.29, 0.717) is 6.54 Å². The van der Waals surface area contributed by atoms with Crippen LogP contribution in [-0.4, -0.2) is 30.3 Å². The molecule has 4 nitrogen and oxygen atoms in total. The van der Waals surface area contributed by atoms with Crippen LogP contribution in [0.1, 0.15) is 38.2 Å². The van der Waals surface area contributed by atoms with Crippen LogP contribution in [0.3, 0.4) is 0 Å². The van der Waals surface area contributed by atoms with E-state index in [1.54, 1.807) is 6.92 Å². The number of nitrogens with one attached hydrogen (secondary N) is 2. The summed E-state index contributed by atoms with van der Waals surface area (Å²) in [6.07, 6.45) is 4.23. The quantitative estimate of drug-likeness (QED) is 0.780. The summed E-state index contributed by atoms with van der Waals surface area (Å²) in [4.78, 5) is 11.8. The number of halogens is 1. The summed E-state index contributed by atoms with van der Waals surface area (Å²) in [6, 6.07) is 6.04. The summed E-state index contributed by atoms with van der Waals surface area (Å²) >= 11 is 0. The second-order valence-electron chi connectivity index (χ2n) is 5.90. The van der Waals surface area contributed by atoms with Gasteiger partial charge in [0.1, 0.15) is 5.82 Å². The maximum atomic E-state index is 13.1. The third-order valence-corrected chi connectivity index (χ3v) is 4.26. The van der Waals surface area contributed by atoms with Gasteiger partial charge in [-0.3, -0.25) is 0 Å². The Balaban J connectivity index is 2.02. The second-order valence-corrected chi connectivity index (χ2v) is 5.90. The smallest absolute Gasteiger partial charge is 0.315 e. The maximum Gasteiger partial charge on any atom is 0.315 e. The fourth-order valence-electron chi connectivity index (χ4n) is 2.99. The molecule has 3 N–H and O–H groups in total. The molecule has 21 heavy (non-hydrogen) atoms. The lowest BCUT2D eigenvalue weighted by atomic mass is 9.79. The van der Waals surface area contributed by atoms with Gasteiger partial charge in [-0.05, 0) is 37.5 Å². The number of hydrogen-bond donors (Lipinski definition) is 3. The molecule has 0 bridgehead atoms. The topological polar surface area (TPSA) is 61.4 Å². The highest BCUT2D eigenvalue weighted by Gasteiger charge is 2.35. The molecule has 1 fully saturated rings. The average Bonchev–Trinajstić information content (AvgIpc) is 2.96. The second kappa shape index (κ2) is 6.89. The SMILES string of the molecule is CC(CO)NC(=O)NCC1(c2ccc(F)cc2)CCCC1. The lowest BCUT2D eigenvalue weighted by Crippen LogP contribution is -2.47. The number of urea groups is 1. The first kappa shape index (κ1) is 15.8. The summed E-state index contributed by atoms with van der Waals surface area (Å²) in [6.45, 7) is 2.18. The minimum absolute atomic E-state index is 0.0868. The molecule has 2 amide bonds. The van der Waals surface area contributed by atoms with E-state index in [1.165, 1.54) is 12.1 Å². The Hall–Kier alpha value is -1.62. The maximum absolute atomic E-state index is 13.1. The molecule has 1 aliphatic rings. The Morgan fingerprint density at radius 1 is 1.33 bits per heavy atom. The van der Waals surface area contributed by atoms with Crippen LogP contribution in [0.2, 0.25) is 0 Å². The number of hydrogen-bond acceptors (Lipinski definition) is 2. The molecule has 1 aliphatic carbocycles. The van der Waals surface area contributed by atoms with Gasteiger partial charge in [-0.25, -0.2) is 9.18 Å². The van der Waals surface area contributed by atoms with Gasteiger partial charge in [0, 0.05) is 12.0 Å². The van der Waals surface area contributed by atoms with Crippen molar-refractivity contribution in [1.29, 1.82) is 0 Å². The molecule has 1 aromatic rings. The molecular weight excluding hydrogens is 271 g/mol. The minimum Gasteiger partial charge on any atom is -0.394 e. The van der Waals surface area contributed by atoms with Crippen LogP contribution in [0.5, 0.6) is 0 Å². The van der Waals surface area contributed by atoms with Gasteiger partial charge in [0.2, 0.25) is 0 Å². The first-order valence-corrected chi connectivity index (χ1v) is 7.47. The molecule has 1 atom stereocenters. The summed E-state index contributed by atoms with van der Waals surface area (Å²) in [5.41, 5.74) is 0.977. The number of amides is 2. The van der Waals surface area contributed by atoms with Crippen molar-refractivity contribution in [2.24, 2.45) is 0 Å². The van der Waals surface area contributed by atoms with E-state index in [0.717, 1.165) is 31.2 Å². The Bertz CT molecular complexity index is 470. The van der Waals surface area contributed by atoms with Crippen LogP contribution in [0, 0.1) is 5.82 Å². The predicted molar refractivity (Wildman–Crippen MR) is 79.6 cm³/mol. The highest BCUT2D eigenvalue weighted by molar-refractivity contribution is 5.74. The first-order valence-electron chi connectivity index (χ1n) is 7.47. The van der Waals surface area contributed by atoms with E-state index >= 15 is 0 Å². The van der Waals surface area contributed by atoms with Gasteiger partial charge in [0.05, 0.1) is 12.6 Å². The highest BCUT2D eigenvalue weighted by Crippen LogP contribution is 2.40. The predicted octanol–water partition coefficient (Wildman–Crippen LogP) is 2.32. The molecule has 0 aliphatic heterocycles. The van der Waals surface area contributed by atoms with Crippen LogP contribution in [0.15, 0.2) is 24.3 Å². The Morgan fingerprint density at radius 3 is 2.52 bits per heavy atom. The van der Waals surface area contributed by atoms with Crippen LogP contribution in [0.25, 0.3) is 0 Å². The number of benzene rings is 1. The van der Waals surface area contributed by atoms with E-state index in [9.17, 15) is 9.18 Å². The number of aliphatic hydroxyl groups excluding tert-OH is 1. The summed E-state index contributed by atoms with van der Waals surface area (Å²) < 4.78 is 13.1. The minimum atomic E-state index is -0.273. The fourth-order valence-corrected chi connectivity index (χ4v) is 2.99. The van der Waals surface area contributed by atoms with Crippen LogP contribution in [0.4, 0.5) is 9.18 Å².